The average molecular weight is 300 g/mol. The van der Waals surface area contributed by atoms with E-state index in [0.29, 0.717) is 0 Å². The standard InChI is InChI=1S/C15H23ClFN3/c1-15(2,20-7-3-4-8-20)14(19-18)10-11-5-6-13(17)12(16)9-11/h5-6,9,14,19H,3-4,7-8,10,18H2,1-2H3. The van der Waals surface area contributed by atoms with Crippen LogP contribution in [0.5, 0.6) is 0 Å². The zero-order chi connectivity index (χ0) is 14.8. The van der Waals surface area contributed by atoms with E-state index in [1.807, 2.05) is 0 Å². The van der Waals surface area contributed by atoms with Crippen molar-refractivity contribution in [1.29, 1.82) is 0 Å². The molecule has 0 amide bonds. The van der Waals surface area contributed by atoms with Gasteiger partial charge < -0.3 is 0 Å². The summed E-state index contributed by atoms with van der Waals surface area (Å²) in [5.74, 6) is 5.38. The van der Waals surface area contributed by atoms with E-state index in [1.165, 1.54) is 18.9 Å². The van der Waals surface area contributed by atoms with Gasteiger partial charge in [-0.15, -0.1) is 0 Å². The maximum Gasteiger partial charge on any atom is 0.141 e. The van der Waals surface area contributed by atoms with Gasteiger partial charge >= 0.3 is 0 Å². The van der Waals surface area contributed by atoms with Crippen molar-refractivity contribution in [2.45, 2.75) is 44.7 Å². The first-order valence-electron chi connectivity index (χ1n) is 7.10. The average Bonchev–Trinajstić information content (AvgIpc) is 2.94. The van der Waals surface area contributed by atoms with Crippen molar-refractivity contribution in [3.05, 3.63) is 34.6 Å². The van der Waals surface area contributed by atoms with Crippen LogP contribution < -0.4 is 11.3 Å². The summed E-state index contributed by atoms with van der Waals surface area (Å²) in [4.78, 5) is 2.46. The van der Waals surface area contributed by atoms with Crippen molar-refractivity contribution < 1.29 is 4.39 Å². The van der Waals surface area contributed by atoms with Crippen LogP contribution in [0.15, 0.2) is 18.2 Å². The Hall–Kier alpha value is -0.680. The Morgan fingerprint density at radius 3 is 2.60 bits per heavy atom. The van der Waals surface area contributed by atoms with E-state index in [0.717, 1.165) is 25.1 Å². The number of nitrogens with zero attached hydrogens (tertiary/aromatic N) is 1. The van der Waals surface area contributed by atoms with Crippen LogP contribution in [0.3, 0.4) is 0 Å². The topological polar surface area (TPSA) is 41.3 Å². The monoisotopic (exact) mass is 299 g/mol. The summed E-state index contributed by atoms with van der Waals surface area (Å²) in [6.07, 6.45) is 3.20. The molecule has 0 saturated carbocycles. The number of halogens is 2. The third kappa shape index (κ3) is 3.31. The van der Waals surface area contributed by atoms with Crippen molar-refractivity contribution in [2.75, 3.05) is 13.1 Å². The maximum atomic E-state index is 13.2. The fourth-order valence-electron chi connectivity index (χ4n) is 2.93. The predicted octanol–water partition coefficient (Wildman–Crippen LogP) is 2.73. The van der Waals surface area contributed by atoms with E-state index in [1.54, 1.807) is 12.1 Å². The number of hydrogen-bond acceptors (Lipinski definition) is 3. The van der Waals surface area contributed by atoms with Crippen molar-refractivity contribution in [3.8, 4) is 0 Å². The van der Waals surface area contributed by atoms with Gasteiger partial charge in [0.05, 0.1) is 5.02 Å². The van der Waals surface area contributed by atoms with E-state index in [2.05, 4.69) is 24.2 Å². The molecule has 20 heavy (non-hydrogen) atoms. The SMILES string of the molecule is CC(C)(C(Cc1ccc(F)c(Cl)c1)NN)N1CCCC1. The summed E-state index contributed by atoms with van der Waals surface area (Å²) in [7, 11) is 0. The molecule has 1 saturated heterocycles. The molecule has 1 fully saturated rings. The van der Waals surface area contributed by atoms with Crippen LogP contribution in [0.1, 0.15) is 32.3 Å². The van der Waals surface area contributed by atoms with Crippen LogP contribution in [0.4, 0.5) is 4.39 Å². The Kier molecular flexibility index (Phi) is 5.02. The molecule has 0 radical (unpaired) electrons. The Balaban J connectivity index is 2.13. The lowest BCUT2D eigenvalue weighted by Crippen LogP contribution is -2.59. The first kappa shape index (κ1) is 15.7. The third-order valence-electron chi connectivity index (χ3n) is 4.40. The molecule has 0 spiro atoms. The number of benzene rings is 1. The molecule has 1 aliphatic rings. The van der Waals surface area contributed by atoms with Gasteiger partial charge in [-0.3, -0.25) is 16.2 Å². The van der Waals surface area contributed by atoms with Gasteiger partial charge in [0.1, 0.15) is 5.82 Å². The van der Waals surface area contributed by atoms with E-state index >= 15 is 0 Å². The van der Waals surface area contributed by atoms with Crippen LogP contribution >= 0.6 is 11.6 Å². The number of likely N-dealkylation sites (tertiary alicyclic amines) is 1. The van der Waals surface area contributed by atoms with Crippen LogP contribution in [0.2, 0.25) is 5.02 Å². The molecule has 5 heteroatoms. The second-order valence-electron chi connectivity index (χ2n) is 6.02. The Morgan fingerprint density at radius 1 is 1.40 bits per heavy atom. The molecular weight excluding hydrogens is 277 g/mol. The quantitative estimate of drug-likeness (QED) is 0.649. The molecule has 1 atom stereocenters. The summed E-state index contributed by atoms with van der Waals surface area (Å²) in [6, 6.07) is 4.95. The van der Waals surface area contributed by atoms with Crippen molar-refractivity contribution in [2.24, 2.45) is 5.84 Å². The molecule has 1 unspecified atom stereocenters. The number of nitrogens with two attached hydrogens (primary N) is 1. The van der Waals surface area contributed by atoms with Crippen molar-refractivity contribution in [1.82, 2.24) is 10.3 Å². The predicted molar refractivity (Wildman–Crippen MR) is 81.1 cm³/mol. The molecule has 1 heterocycles. The molecule has 0 bridgehead atoms. The number of nitrogens with one attached hydrogen (secondary N) is 1. The van der Waals surface area contributed by atoms with E-state index < -0.39 is 0 Å². The zero-order valence-electron chi connectivity index (χ0n) is 12.1. The van der Waals surface area contributed by atoms with Gasteiger partial charge in [0.15, 0.2) is 0 Å². The van der Waals surface area contributed by atoms with Crippen LogP contribution in [-0.2, 0) is 6.42 Å². The summed E-state index contributed by atoms with van der Waals surface area (Å²) in [5.41, 5.74) is 3.87. The minimum Gasteiger partial charge on any atom is -0.297 e. The molecule has 1 aromatic rings. The van der Waals surface area contributed by atoms with E-state index in [9.17, 15) is 4.39 Å². The number of hydrazine groups is 1. The van der Waals surface area contributed by atoms with Crippen LogP contribution in [-0.4, -0.2) is 29.6 Å². The first-order chi connectivity index (χ1) is 9.45. The maximum absolute atomic E-state index is 13.2. The van der Waals surface area contributed by atoms with Gasteiger partial charge in [-0.05, 0) is 63.9 Å². The number of hydrogen-bond donors (Lipinski definition) is 2. The molecule has 0 aliphatic carbocycles. The Labute approximate surface area is 125 Å². The minimum absolute atomic E-state index is 0.0495. The van der Waals surface area contributed by atoms with Gasteiger partial charge in [-0.1, -0.05) is 17.7 Å². The van der Waals surface area contributed by atoms with Gasteiger partial charge in [0.25, 0.3) is 0 Å². The highest BCUT2D eigenvalue weighted by molar-refractivity contribution is 6.30. The third-order valence-corrected chi connectivity index (χ3v) is 4.69. The molecule has 1 aromatic carbocycles. The van der Waals surface area contributed by atoms with Crippen molar-refractivity contribution >= 4 is 11.6 Å². The molecular formula is C15H23ClFN3. The molecule has 3 nitrogen and oxygen atoms in total. The summed E-state index contributed by atoms with van der Waals surface area (Å²) in [6.45, 7) is 6.62. The second-order valence-corrected chi connectivity index (χ2v) is 6.43. The van der Waals surface area contributed by atoms with Gasteiger partial charge in [0, 0.05) is 11.6 Å². The highest BCUT2D eigenvalue weighted by atomic mass is 35.5. The van der Waals surface area contributed by atoms with E-state index in [-0.39, 0.29) is 22.4 Å². The van der Waals surface area contributed by atoms with Gasteiger partial charge in [-0.25, -0.2) is 4.39 Å². The summed E-state index contributed by atoms with van der Waals surface area (Å²) < 4.78 is 13.2. The minimum atomic E-state index is -0.383. The number of rotatable bonds is 5. The molecule has 1 aliphatic heterocycles. The highest BCUT2D eigenvalue weighted by Crippen LogP contribution is 2.27. The summed E-state index contributed by atoms with van der Waals surface area (Å²) >= 11 is 5.84. The Bertz CT molecular complexity index is 458. The summed E-state index contributed by atoms with van der Waals surface area (Å²) in [5, 5.41) is 0.164. The molecule has 0 aromatic heterocycles. The normalized spacial score (nSPS) is 18.4. The van der Waals surface area contributed by atoms with Crippen LogP contribution in [0.25, 0.3) is 0 Å². The fourth-order valence-corrected chi connectivity index (χ4v) is 3.13. The molecule has 112 valence electrons. The highest BCUT2D eigenvalue weighted by Gasteiger charge is 2.36. The van der Waals surface area contributed by atoms with Gasteiger partial charge in [-0.2, -0.15) is 0 Å². The largest absolute Gasteiger partial charge is 0.297 e. The molecule has 2 rings (SSSR count). The Morgan fingerprint density at radius 2 is 2.05 bits per heavy atom. The van der Waals surface area contributed by atoms with Crippen molar-refractivity contribution in [3.63, 3.8) is 0 Å². The lowest BCUT2D eigenvalue weighted by molar-refractivity contribution is 0.106. The second kappa shape index (κ2) is 6.39. The molecule has 3 N–H and O–H groups in total. The lowest BCUT2D eigenvalue weighted by Gasteiger charge is -2.42. The fraction of sp³-hybridized carbons (Fsp3) is 0.600. The zero-order valence-corrected chi connectivity index (χ0v) is 12.9. The smallest absolute Gasteiger partial charge is 0.141 e. The van der Waals surface area contributed by atoms with Crippen LogP contribution in [0, 0.1) is 5.82 Å². The first-order valence-corrected chi connectivity index (χ1v) is 7.48. The van der Waals surface area contributed by atoms with E-state index in [4.69, 9.17) is 17.4 Å². The van der Waals surface area contributed by atoms with Gasteiger partial charge in [0.2, 0.25) is 0 Å². The lowest BCUT2D eigenvalue weighted by atomic mass is 9.88.